The highest BCUT2D eigenvalue weighted by atomic mass is 16.7. The fraction of sp³-hybridized carbons (Fsp3) is 0.500. The fourth-order valence-electron chi connectivity index (χ4n) is 0.830. The Morgan fingerprint density at radius 3 is 2.27 bits per heavy atom. The number of hydrogen-bond acceptors (Lipinski definition) is 2. The SMILES string of the molecule is C=C(C)B1OC(=C)C(C)(C)O1. The number of rotatable bonds is 1. The molecule has 0 aliphatic carbocycles. The van der Waals surface area contributed by atoms with Gasteiger partial charge in [0.05, 0.1) is 5.76 Å². The summed E-state index contributed by atoms with van der Waals surface area (Å²) in [6, 6.07) is 0. The van der Waals surface area contributed by atoms with E-state index in [0.717, 1.165) is 5.47 Å². The van der Waals surface area contributed by atoms with Crippen LogP contribution in [0.25, 0.3) is 0 Å². The van der Waals surface area contributed by atoms with E-state index in [-0.39, 0.29) is 12.7 Å². The molecular weight excluding hydrogens is 139 g/mol. The fourth-order valence-corrected chi connectivity index (χ4v) is 0.830. The third kappa shape index (κ3) is 1.48. The lowest BCUT2D eigenvalue weighted by atomic mass is 9.81. The summed E-state index contributed by atoms with van der Waals surface area (Å²) in [7, 11) is -0.308. The normalized spacial score (nSPS) is 21.7. The molecule has 0 atom stereocenters. The first-order valence-electron chi connectivity index (χ1n) is 3.63. The van der Waals surface area contributed by atoms with Gasteiger partial charge in [0, 0.05) is 0 Å². The van der Waals surface area contributed by atoms with Crippen molar-refractivity contribution in [2.45, 2.75) is 26.4 Å². The predicted molar refractivity (Wildman–Crippen MR) is 46.0 cm³/mol. The molecule has 1 saturated heterocycles. The molecule has 0 amide bonds. The second kappa shape index (κ2) is 2.41. The van der Waals surface area contributed by atoms with E-state index < -0.39 is 0 Å². The van der Waals surface area contributed by atoms with E-state index in [1.165, 1.54) is 0 Å². The van der Waals surface area contributed by atoms with Crippen molar-refractivity contribution in [3.63, 3.8) is 0 Å². The third-order valence-electron chi connectivity index (χ3n) is 1.72. The Kier molecular flexibility index (Phi) is 1.84. The van der Waals surface area contributed by atoms with Crippen LogP contribution in [-0.2, 0) is 9.31 Å². The van der Waals surface area contributed by atoms with Crippen molar-refractivity contribution in [3.8, 4) is 0 Å². The van der Waals surface area contributed by atoms with Crippen molar-refractivity contribution in [3.05, 3.63) is 24.4 Å². The van der Waals surface area contributed by atoms with Crippen LogP contribution in [0, 0.1) is 0 Å². The lowest BCUT2D eigenvalue weighted by molar-refractivity contribution is 0.172. The Labute approximate surface area is 68.0 Å². The lowest BCUT2D eigenvalue weighted by Gasteiger charge is -2.15. The van der Waals surface area contributed by atoms with E-state index in [1.54, 1.807) is 0 Å². The van der Waals surface area contributed by atoms with Gasteiger partial charge in [-0.15, -0.1) is 6.58 Å². The Hall–Kier alpha value is -0.695. The largest absolute Gasteiger partial charge is 0.558 e. The molecule has 60 valence electrons. The molecule has 3 heteroatoms. The molecule has 0 aromatic rings. The van der Waals surface area contributed by atoms with E-state index in [2.05, 4.69) is 13.2 Å². The number of allylic oxidation sites excluding steroid dienone is 1. The Balaban J connectivity index is 2.72. The molecular formula is C8H13BO2. The van der Waals surface area contributed by atoms with Crippen LogP contribution in [0.1, 0.15) is 20.8 Å². The van der Waals surface area contributed by atoms with E-state index in [4.69, 9.17) is 9.31 Å². The summed E-state index contributed by atoms with van der Waals surface area (Å²) >= 11 is 0. The van der Waals surface area contributed by atoms with Gasteiger partial charge in [-0.1, -0.05) is 6.58 Å². The molecule has 1 rings (SSSR count). The first-order valence-corrected chi connectivity index (χ1v) is 3.63. The molecule has 1 aliphatic heterocycles. The van der Waals surface area contributed by atoms with Gasteiger partial charge in [0.2, 0.25) is 0 Å². The average molecular weight is 152 g/mol. The van der Waals surface area contributed by atoms with E-state index >= 15 is 0 Å². The van der Waals surface area contributed by atoms with Crippen LogP contribution < -0.4 is 0 Å². The minimum Gasteiger partial charge on any atom is -0.534 e. The van der Waals surface area contributed by atoms with Crippen molar-refractivity contribution < 1.29 is 9.31 Å². The monoisotopic (exact) mass is 152 g/mol. The van der Waals surface area contributed by atoms with Gasteiger partial charge in [-0.3, -0.25) is 0 Å². The summed E-state index contributed by atoms with van der Waals surface area (Å²) in [6.07, 6.45) is 0. The summed E-state index contributed by atoms with van der Waals surface area (Å²) in [5.41, 5.74) is 0.501. The maximum atomic E-state index is 5.50. The Morgan fingerprint density at radius 2 is 2.09 bits per heavy atom. The minimum atomic E-state index is -0.371. The van der Waals surface area contributed by atoms with E-state index in [1.807, 2.05) is 20.8 Å². The van der Waals surface area contributed by atoms with Crippen molar-refractivity contribution in [1.29, 1.82) is 0 Å². The molecule has 11 heavy (non-hydrogen) atoms. The maximum Gasteiger partial charge on any atom is 0.558 e. The zero-order valence-corrected chi connectivity index (χ0v) is 7.31. The highest BCUT2D eigenvalue weighted by Crippen LogP contribution is 2.31. The average Bonchev–Trinajstić information content (AvgIpc) is 2.08. The van der Waals surface area contributed by atoms with Crippen molar-refractivity contribution >= 4 is 7.12 Å². The van der Waals surface area contributed by atoms with Gasteiger partial charge in [-0.25, -0.2) is 0 Å². The van der Waals surface area contributed by atoms with Gasteiger partial charge in [-0.2, -0.15) is 0 Å². The third-order valence-corrected chi connectivity index (χ3v) is 1.72. The van der Waals surface area contributed by atoms with Gasteiger partial charge in [0.15, 0.2) is 0 Å². The van der Waals surface area contributed by atoms with Crippen LogP contribution in [0.4, 0.5) is 0 Å². The van der Waals surface area contributed by atoms with Crippen LogP contribution >= 0.6 is 0 Å². The van der Waals surface area contributed by atoms with Gasteiger partial charge < -0.3 is 9.31 Å². The first kappa shape index (κ1) is 8.40. The molecule has 1 fully saturated rings. The van der Waals surface area contributed by atoms with E-state index in [0.29, 0.717) is 5.76 Å². The summed E-state index contributed by atoms with van der Waals surface area (Å²) in [6.45, 7) is 13.2. The lowest BCUT2D eigenvalue weighted by Crippen LogP contribution is -2.24. The van der Waals surface area contributed by atoms with Gasteiger partial charge in [0.25, 0.3) is 0 Å². The molecule has 0 N–H and O–H groups in total. The smallest absolute Gasteiger partial charge is 0.534 e. The van der Waals surface area contributed by atoms with Gasteiger partial charge in [0.1, 0.15) is 5.60 Å². The summed E-state index contributed by atoms with van der Waals surface area (Å²) in [4.78, 5) is 0. The molecule has 0 spiro atoms. The molecule has 0 aromatic carbocycles. The maximum absolute atomic E-state index is 5.50. The highest BCUT2D eigenvalue weighted by molar-refractivity contribution is 6.54. The van der Waals surface area contributed by atoms with E-state index in [9.17, 15) is 0 Å². The zero-order valence-electron chi connectivity index (χ0n) is 7.31. The topological polar surface area (TPSA) is 18.5 Å². The number of hydrogen-bond donors (Lipinski definition) is 0. The van der Waals surface area contributed by atoms with Crippen LogP contribution in [0.5, 0.6) is 0 Å². The second-order valence-corrected chi connectivity index (χ2v) is 3.35. The van der Waals surface area contributed by atoms with Crippen LogP contribution in [0.3, 0.4) is 0 Å². The molecule has 0 bridgehead atoms. The van der Waals surface area contributed by atoms with Gasteiger partial charge in [-0.05, 0) is 26.2 Å². The first-order chi connectivity index (χ1) is 4.93. The molecule has 1 heterocycles. The summed E-state index contributed by atoms with van der Waals surface area (Å²) in [5.74, 6) is 0.672. The van der Waals surface area contributed by atoms with Gasteiger partial charge >= 0.3 is 7.12 Å². The minimum absolute atomic E-state index is 0.308. The van der Waals surface area contributed by atoms with Crippen LogP contribution in [-0.4, -0.2) is 12.7 Å². The second-order valence-electron chi connectivity index (χ2n) is 3.35. The summed E-state index contributed by atoms with van der Waals surface area (Å²) < 4.78 is 10.8. The molecule has 0 radical (unpaired) electrons. The quantitative estimate of drug-likeness (QED) is 0.534. The standard InChI is InChI=1S/C8H13BO2/c1-6(2)9-10-7(3)8(4,5)11-9/h1,3H2,2,4-5H3. The van der Waals surface area contributed by atoms with Crippen molar-refractivity contribution in [1.82, 2.24) is 0 Å². The van der Waals surface area contributed by atoms with Crippen LogP contribution in [0.2, 0.25) is 0 Å². The molecule has 0 unspecified atom stereocenters. The zero-order chi connectivity index (χ0) is 8.65. The predicted octanol–water partition coefficient (Wildman–Crippen LogP) is 1.93. The Bertz CT molecular complexity index is 208. The molecule has 1 aliphatic rings. The van der Waals surface area contributed by atoms with Crippen molar-refractivity contribution in [2.75, 3.05) is 0 Å². The highest BCUT2D eigenvalue weighted by Gasteiger charge is 2.41. The Morgan fingerprint density at radius 1 is 1.55 bits per heavy atom. The molecule has 0 aromatic heterocycles. The van der Waals surface area contributed by atoms with Crippen molar-refractivity contribution in [2.24, 2.45) is 0 Å². The van der Waals surface area contributed by atoms with Crippen LogP contribution in [0.15, 0.2) is 24.4 Å². The molecule has 0 saturated carbocycles. The summed E-state index contributed by atoms with van der Waals surface area (Å²) in [5, 5.41) is 0. The molecule has 2 nitrogen and oxygen atoms in total.